The highest BCUT2D eigenvalue weighted by atomic mass is 35.5. The maximum absolute atomic E-state index is 12.4. The third kappa shape index (κ3) is 3.48. The Labute approximate surface area is 138 Å². The molecule has 1 aliphatic rings. The van der Waals surface area contributed by atoms with E-state index >= 15 is 0 Å². The van der Waals surface area contributed by atoms with Gasteiger partial charge in [-0.2, -0.15) is 0 Å². The van der Waals surface area contributed by atoms with Gasteiger partial charge in [-0.05, 0) is 24.3 Å². The van der Waals surface area contributed by atoms with Crippen molar-refractivity contribution in [2.24, 2.45) is 0 Å². The summed E-state index contributed by atoms with van der Waals surface area (Å²) in [6, 6.07) is 6.81. The summed E-state index contributed by atoms with van der Waals surface area (Å²) in [5.74, 6) is -0.204. The van der Waals surface area contributed by atoms with E-state index < -0.39 is 0 Å². The summed E-state index contributed by atoms with van der Waals surface area (Å²) in [6.07, 6.45) is 4.47. The number of carbonyl (C=O) groups is 2. The molecule has 1 aromatic carbocycles. The average Bonchev–Trinajstić information content (AvgIpc) is 2.62. The molecule has 0 saturated carbocycles. The van der Waals surface area contributed by atoms with Gasteiger partial charge in [0, 0.05) is 49.2 Å². The van der Waals surface area contributed by atoms with Gasteiger partial charge in [0.2, 0.25) is 0 Å². The number of halogens is 1. The van der Waals surface area contributed by atoms with E-state index in [1.807, 2.05) is 0 Å². The monoisotopic (exact) mass is 330 g/mol. The van der Waals surface area contributed by atoms with Gasteiger partial charge in [-0.3, -0.25) is 14.6 Å². The van der Waals surface area contributed by atoms with Crippen molar-refractivity contribution in [3.63, 3.8) is 0 Å². The molecule has 0 radical (unpaired) electrons. The molecule has 0 spiro atoms. The van der Waals surface area contributed by atoms with Gasteiger partial charge >= 0.3 is 0 Å². The van der Waals surface area contributed by atoms with Crippen LogP contribution in [0.1, 0.15) is 20.8 Å². The van der Waals surface area contributed by atoms with Gasteiger partial charge in [0.1, 0.15) is 5.69 Å². The number of hydrogen-bond acceptors (Lipinski definition) is 4. The smallest absolute Gasteiger partial charge is 0.274 e. The molecule has 7 heteroatoms. The van der Waals surface area contributed by atoms with Gasteiger partial charge in [-0.25, -0.2) is 4.98 Å². The lowest BCUT2D eigenvalue weighted by atomic mass is 10.2. The minimum absolute atomic E-state index is 0.0479. The van der Waals surface area contributed by atoms with Crippen LogP contribution in [0.25, 0.3) is 0 Å². The van der Waals surface area contributed by atoms with Crippen LogP contribution in [0, 0.1) is 0 Å². The number of hydrogen-bond donors (Lipinski definition) is 0. The molecule has 0 bridgehead atoms. The van der Waals surface area contributed by atoms with E-state index in [1.165, 1.54) is 18.6 Å². The highest BCUT2D eigenvalue weighted by Gasteiger charge is 2.26. The number of rotatable bonds is 2. The number of nitrogens with zero attached hydrogens (tertiary/aromatic N) is 4. The lowest BCUT2D eigenvalue weighted by molar-refractivity contribution is 0.0532. The lowest BCUT2D eigenvalue weighted by Gasteiger charge is -2.34. The highest BCUT2D eigenvalue weighted by Crippen LogP contribution is 2.13. The van der Waals surface area contributed by atoms with Gasteiger partial charge in [-0.15, -0.1) is 0 Å². The topological polar surface area (TPSA) is 66.4 Å². The summed E-state index contributed by atoms with van der Waals surface area (Å²) in [4.78, 5) is 36.1. The molecule has 2 heterocycles. The van der Waals surface area contributed by atoms with E-state index in [0.29, 0.717) is 42.5 Å². The zero-order valence-corrected chi connectivity index (χ0v) is 13.1. The molecule has 1 fully saturated rings. The zero-order chi connectivity index (χ0) is 16.2. The molecule has 118 valence electrons. The van der Waals surface area contributed by atoms with Crippen molar-refractivity contribution < 1.29 is 9.59 Å². The van der Waals surface area contributed by atoms with Crippen molar-refractivity contribution in [3.8, 4) is 0 Å². The van der Waals surface area contributed by atoms with Crippen molar-refractivity contribution in [2.75, 3.05) is 26.2 Å². The van der Waals surface area contributed by atoms with E-state index in [-0.39, 0.29) is 11.8 Å². The van der Waals surface area contributed by atoms with E-state index in [9.17, 15) is 9.59 Å². The summed E-state index contributed by atoms with van der Waals surface area (Å²) >= 11 is 5.83. The lowest BCUT2D eigenvalue weighted by Crippen LogP contribution is -2.50. The Morgan fingerprint density at radius 1 is 0.913 bits per heavy atom. The first-order chi connectivity index (χ1) is 11.1. The second-order valence-corrected chi connectivity index (χ2v) is 5.62. The Kier molecular flexibility index (Phi) is 4.52. The number of benzene rings is 1. The molecule has 23 heavy (non-hydrogen) atoms. The maximum Gasteiger partial charge on any atom is 0.274 e. The van der Waals surface area contributed by atoms with Crippen molar-refractivity contribution >= 4 is 23.4 Å². The largest absolute Gasteiger partial charge is 0.335 e. The van der Waals surface area contributed by atoms with Crippen LogP contribution in [0.2, 0.25) is 5.02 Å². The van der Waals surface area contributed by atoms with Gasteiger partial charge < -0.3 is 9.80 Å². The second-order valence-electron chi connectivity index (χ2n) is 5.18. The molecule has 1 saturated heterocycles. The van der Waals surface area contributed by atoms with Gasteiger partial charge in [-0.1, -0.05) is 11.6 Å². The van der Waals surface area contributed by atoms with Crippen LogP contribution in [0.4, 0.5) is 0 Å². The molecule has 0 unspecified atom stereocenters. The predicted octanol–water partition coefficient (Wildman–Crippen LogP) is 1.73. The molecule has 3 rings (SSSR count). The molecule has 1 aromatic heterocycles. The van der Waals surface area contributed by atoms with E-state index in [1.54, 1.807) is 34.1 Å². The molecule has 1 aliphatic heterocycles. The van der Waals surface area contributed by atoms with E-state index in [0.717, 1.165) is 0 Å². The van der Waals surface area contributed by atoms with Crippen molar-refractivity contribution in [2.45, 2.75) is 0 Å². The van der Waals surface area contributed by atoms with Crippen LogP contribution in [-0.2, 0) is 0 Å². The molecule has 0 atom stereocenters. The average molecular weight is 331 g/mol. The molecular weight excluding hydrogens is 316 g/mol. The van der Waals surface area contributed by atoms with Crippen LogP contribution in [0.3, 0.4) is 0 Å². The molecule has 0 N–H and O–H groups in total. The minimum atomic E-state index is -0.156. The first kappa shape index (κ1) is 15.4. The SMILES string of the molecule is O=C(c1ccc(Cl)cc1)N1CCN(C(=O)c2cnccn2)CC1. The van der Waals surface area contributed by atoms with Gasteiger partial charge in [0.05, 0.1) is 6.20 Å². The van der Waals surface area contributed by atoms with Crippen LogP contribution < -0.4 is 0 Å². The van der Waals surface area contributed by atoms with Crippen LogP contribution >= 0.6 is 11.6 Å². The number of carbonyl (C=O) groups excluding carboxylic acids is 2. The van der Waals surface area contributed by atoms with Crippen molar-refractivity contribution in [1.82, 2.24) is 19.8 Å². The second kappa shape index (κ2) is 6.75. The standard InChI is InChI=1S/C16H15ClN4O2/c17-13-3-1-12(2-4-13)15(22)20-7-9-21(10-8-20)16(23)14-11-18-5-6-19-14/h1-6,11H,7-10H2. The van der Waals surface area contributed by atoms with Crippen molar-refractivity contribution in [3.05, 3.63) is 59.1 Å². The Hall–Kier alpha value is -2.47. The Morgan fingerprint density at radius 2 is 1.52 bits per heavy atom. The Morgan fingerprint density at radius 3 is 2.09 bits per heavy atom. The van der Waals surface area contributed by atoms with Gasteiger partial charge in [0.25, 0.3) is 11.8 Å². The van der Waals surface area contributed by atoms with Crippen LogP contribution in [-0.4, -0.2) is 57.8 Å². The summed E-state index contributed by atoms with van der Waals surface area (Å²) in [5.41, 5.74) is 0.924. The fraction of sp³-hybridized carbons (Fsp3) is 0.250. The normalized spacial score (nSPS) is 14.7. The predicted molar refractivity (Wildman–Crippen MR) is 85.3 cm³/mol. The minimum Gasteiger partial charge on any atom is -0.335 e. The first-order valence-electron chi connectivity index (χ1n) is 7.25. The van der Waals surface area contributed by atoms with E-state index in [4.69, 9.17) is 11.6 Å². The highest BCUT2D eigenvalue weighted by molar-refractivity contribution is 6.30. The summed E-state index contributed by atoms with van der Waals surface area (Å²) in [6.45, 7) is 1.95. The Balaban J connectivity index is 1.61. The number of aromatic nitrogens is 2. The maximum atomic E-state index is 12.4. The fourth-order valence-electron chi connectivity index (χ4n) is 2.46. The number of piperazine rings is 1. The molecule has 6 nitrogen and oxygen atoms in total. The van der Waals surface area contributed by atoms with E-state index in [2.05, 4.69) is 9.97 Å². The van der Waals surface area contributed by atoms with Crippen molar-refractivity contribution in [1.29, 1.82) is 0 Å². The molecule has 2 aromatic rings. The summed E-state index contributed by atoms with van der Waals surface area (Å²) in [5, 5.41) is 0.598. The van der Waals surface area contributed by atoms with Crippen LogP contribution in [0.15, 0.2) is 42.9 Å². The number of amides is 2. The van der Waals surface area contributed by atoms with Crippen LogP contribution in [0.5, 0.6) is 0 Å². The fourth-order valence-corrected chi connectivity index (χ4v) is 2.59. The molecule has 2 amide bonds. The third-order valence-electron chi connectivity index (χ3n) is 3.73. The Bertz CT molecular complexity index is 698. The summed E-state index contributed by atoms with van der Waals surface area (Å²) in [7, 11) is 0. The first-order valence-corrected chi connectivity index (χ1v) is 7.63. The molecule has 0 aliphatic carbocycles. The quantitative estimate of drug-likeness (QED) is 0.841. The zero-order valence-electron chi connectivity index (χ0n) is 12.4. The van der Waals surface area contributed by atoms with Gasteiger partial charge in [0.15, 0.2) is 0 Å². The summed E-state index contributed by atoms with van der Waals surface area (Å²) < 4.78 is 0. The molecular formula is C16H15ClN4O2. The third-order valence-corrected chi connectivity index (χ3v) is 3.98.